The molecule has 1 aromatic heterocycles. The van der Waals surface area contributed by atoms with Crippen molar-refractivity contribution in [1.82, 2.24) is 9.88 Å². The van der Waals surface area contributed by atoms with Crippen molar-refractivity contribution in [1.29, 1.82) is 0 Å². The van der Waals surface area contributed by atoms with E-state index in [1.165, 1.54) is 42.6 Å². The summed E-state index contributed by atoms with van der Waals surface area (Å²) in [5.74, 6) is -1.06. The molecule has 136 valence electrons. The lowest BCUT2D eigenvalue weighted by Crippen LogP contribution is -2.27. The molecular weight excluding hydrogens is 345 g/mol. The van der Waals surface area contributed by atoms with Crippen LogP contribution in [-0.4, -0.2) is 28.7 Å². The fraction of sp³-hybridized carbons (Fsp3) is 0.0952. The summed E-state index contributed by atoms with van der Waals surface area (Å²) in [5.41, 5.74) is 1.94. The maximum absolute atomic E-state index is 13.0. The number of halogens is 1. The van der Waals surface area contributed by atoms with Crippen molar-refractivity contribution in [3.8, 4) is 0 Å². The van der Waals surface area contributed by atoms with E-state index in [9.17, 15) is 14.0 Å². The number of amides is 2. The lowest BCUT2D eigenvalue weighted by molar-refractivity contribution is 0.0779. The lowest BCUT2D eigenvalue weighted by Gasteiger charge is -2.17. The number of pyridine rings is 1. The van der Waals surface area contributed by atoms with Gasteiger partial charge in [0.15, 0.2) is 0 Å². The molecule has 0 fully saturated rings. The van der Waals surface area contributed by atoms with Gasteiger partial charge in [0.1, 0.15) is 11.5 Å². The summed E-state index contributed by atoms with van der Waals surface area (Å²) >= 11 is 0. The van der Waals surface area contributed by atoms with Crippen LogP contribution < -0.4 is 5.32 Å². The van der Waals surface area contributed by atoms with Crippen molar-refractivity contribution < 1.29 is 14.0 Å². The number of aromatic nitrogens is 1. The summed E-state index contributed by atoms with van der Waals surface area (Å²) < 4.78 is 13.0. The molecule has 0 bridgehead atoms. The van der Waals surface area contributed by atoms with Crippen molar-refractivity contribution in [2.45, 2.75) is 6.54 Å². The molecular formula is C21H18FN3O2. The molecule has 0 aliphatic heterocycles. The fourth-order valence-electron chi connectivity index (χ4n) is 2.55. The Labute approximate surface area is 156 Å². The molecule has 0 spiro atoms. The minimum Gasteiger partial charge on any atom is -0.336 e. The summed E-state index contributed by atoms with van der Waals surface area (Å²) in [6.07, 6.45) is 1.42. The van der Waals surface area contributed by atoms with E-state index in [1.54, 1.807) is 11.9 Å². The maximum Gasteiger partial charge on any atom is 0.272 e. The molecule has 0 saturated heterocycles. The standard InChI is InChI=1S/C21H18FN3O2/c1-25(14-15-5-3-2-4-6-15)21(27)19-13-16(11-12-23-19)20(26)24-18-9-7-17(22)8-10-18/h2-13H,14H2,1H3,(H,24,26). The number of carbonyl (C=O) groups is 2. The third-order valence-corrected chi connectivity index (χ3v) is 3.95. The minimum atomic E-state index is -0.399. The van der Waals surface area contributed by atoms with Crippen LogP contribution in [-0.2, 0) is 6.54 Å². The summed E-state index contributed by atoms with van der Waals surface area (Å²) in [5, 5.41) is 2.66. The van der Waals surface area contributed by atoms with E-state index in [0.717, 1.165) is 5.56 Å². The van der Waals surface area contributed by atoms with Gasteiger partial charge >= 0.3 is 0 Å². The van der Waals surface area contributed by atoms with E-state index in [1.807, 2.05) is 30.3 Å². The third kappa shape index (κ3) is 4.76. The second-order valence-corrected chi connectivity index (χ2v) is 6.04. The van der Waals surface area contributed by atoms with Crippen molar-refractivity contribution in [3.05, 3.63) is 95.6 Å². The van der Waals surface area contributed by atoms with Gasteiger partial charge < -0.3 is 10.2 Å². The zero-order valence-corrected chi connectivity index (χ0v) is 14.7. The second kappa shape index (κ2) is 8.23. The van der Waals surface area contributed by atoms with Crippen LogP contribution in [0.3, 0.4) is 0 Å². The highest BCUT2D eigenvalue weighted by Crippen LogP contribution is 2.12. The van der Waals surface area contributed by atoms with Crippen molar-refractivity contribution in [3.63, 3.8) is 0 Å². The Morgan fingerprint density at radius 3 is 2.44 bits per heavy atom. The molecule has 0 unspecified atom stereocenters. The molecule has 1 heterocycles. The van der Waals surface area contributed by atoms with Gasteiger partial charge in [-0.1, -0.05) is 30.3 Å². The number of nitrogens with one attached hydrogen (secondary N) is 1. The van der Waals surface area contributed by atoms with Crippen LogP contribution in [0.15, 0.2) is 72.9 Å². The predicted octanol–water partition coefficient (Wildman–Crippen LogP) is 3.75. The van der Waals surface area contributed by atoms with Gasteiger partial charge in [-0.15, -0.1) is 0 Å². The van der Waals surface area contributed by atoms with Crippen molar-refractivity contribution in [2.24, 2.45) is 0 Å². The first-order chi connectivity index (χ1) is 13.0. The molecule has 0 aliphatic rings. The molecule has 2 aromatic carbocycles. The zero-order chi connectivity index (χ0) is 19.2. The molecule has 3 aromatic rings. The normalized spacial score (nSPS) is 10.3. The number of carbonyl (C=O) groups excluding carboxylic acids is 2. The molecule has 6 heteroatoms. The lowest BCUT2D eigenvalue weighted by atomic mass is 10.1. The first kappa shape index (κ1) is 18.3. The third-order valence-electron chi connectivity index (χ3n) is 3.95. The number of hydrogen-bond donors (Lipinski definition) is 1. The molecule has 0 aliphatic carbocycles. The number of hydrogen-bond acceptors (Lipinski definition) is 3. The Kier molecular flexibility index (Phi) is 5.56. The number of benzene rings is 2. The fourth-order valence-corrected chi connectivity index (χ4v) is 2.55. The Balaban J connectivity index is 1.71. The summed E-state index contributed by atoms with van der Waals surface area (Å²) in [6.45, 7) is 0.438. The van der Waals surface area contributed by atoms with Gasteiger partial charge in [0.05, 0.1) is 0 Å². The SMILES string of the molecule is CN(Cc1ccccc1)C(=O)c1cc(C(=O)Nc2ccc(F)cc2)ccn1. The van der Waals surface area contributed by atoms with E-state index < -0.39 is 5.91 Å². The smallest absolute Gasteiger partial charge is 0.272 e. The van der Waals surface area contributed by atoms with E-state index >= 15 is 0 Å². The number of nitrogens with zero attached hydrogens (tertiary/aromatic N) is 2. The van der Waals surface area contributed by atoms with Crippen LogP contribution in [0.2, 0.25) is 0 Å². The first-order valence-corrected chi connectivity index (χ1v) is 8.35. The van der Waals surface area contributed by atoms with Crippen molar-refractivity contribution in [2.75, 3.05) is 12.4 Å². The summed E-state index contributed by atoms with van der Waals surface area (Å²) in [6, 6.07) is 18.0. The molecule has 0 atom stereocenters. The monoisotopic (exact) mass is 363 g/mol. The van der Waals surface area contributed by atoms with Gasteiger partial charge in [0.25, 0.3) is 11.8 Å². The van der Waals surface area contributed by atoms with Crippen LogP contribution in [0.4, 0.5) is 10.1 Å². The molecule has 1 N–H and O–H groups in total. The highest BCUT2D eigenvalue weighted by atomic mass is 19.1. The average Bonchev–Trinajstić information content (AvgIpc) is 2.70. The highest BCUT2D eigenvalue weighted by Gasteiger charge is 2.16. The Morgan fingerprint density at radius 1 is 1.04 bits per heavy atom. The minimum absolute atomic E-state index is 0.181. The van der Waals surface area contributed by atoms with Crippen LogP contribution in [0, 0.1) is 5.82 Å². The van der Waals surface area contributed by atoms with Crippen LogP contribution in [0.25, 0.3) is 0 Å². The van der Waals surface area contributed by atoms with Gasteiger partial charge in [0, 0.05) is 31.0 Å². The molecule has 5 nitrogen and oxygen atoms in total. The largest absolute Gasteiger partial charge is 0.336 e. The molecule has 3 rings (SSSR count). The highest BCUT2D eigenvalue weighted by molar-refractivity contribution is 6.05. The van der Waals surface area contributed by atoms with Gasteiger partial charge in [-0.25, -0.2) is 4.39 Å². The summed E-state index contributed by atoms with van der Waals surface area (Å²) in [4.78, 5) is 30.6. The Bertz CT molecular complexity index is 943. The Morgan fingerprint density at radius 2 is 1.74 bits per heavy atom. The number of rotatable bonds is 5. The van der Waals surface area contributed by atoms with Crippen LogP contribution >= 0.6 is 0 Å². The maximum atomic E-state index is 13.0. The van der Waals surface area contributed by atoms with E-state index in [-0.39, 0.29) is 17.4 Å². The predicted molar refractivity (Wildman–Crippen MR) is 101 cm³/mol. The van der Waals surface area contributed by atoms with Gasteiger partial charge in [-0.05, 0) is 42.0 Å². The van der Waals surface area contributed by atoms with Gasteiger partial charge in [0.2, 0.25) is 0 Å². The van der Waals surface area contributed by atoms with Crippen molar-refractivity contribution >= 4 is 17.5 Å². The molecule has 27 heavy (non-hydrogen) atoms. The molecule has 2 amide bonds. The van der Waals surface area contributed by atoms with E-state index in [0.29, 0.717) is 17.8 Å². The quantitative estimate of drug-likeness (QED) is 0.751. The average molecular weight is 363 g/mol. The van der Waals surface area contributed by atoms with E-state index in [4.69, 9.17) is 0 Å². The number of anilines is 1. The van der Waals surface area contributed by atoms with Gasteiger partial charge in [-0.2, -0.15) is 0 Å². The second-order valence-electron chi connectivity index (χ2n) is 6.04. The molecule has 0 radical (unpaired) electrons. The first-order valence-electron chi connectivity index (χ1n) is 8.35. The summed E-state index contributed by atoms with van der Waals surface area (Å²) in [7, 11) is 1.68. The zero-order valence-electron chi connectivity index (χ0n) is 14.7. The molecule has 0 saturated carbocycles. The van der Waals surface area contributed by atoms with Crippen LogP contribution in [0.1, 0.15) is 26.4 Å². The van der Waals surface area contributed by atoms with Gasteiger partial charge in [-0.3, -0.25) is 14.6 Å². The topological polar surface area (TPSA) is 62.3 Å². The van der Waals surface area contributed by atoms with Crippen LogP contribution in [0.5, 0.6) is 0 Å². The Hall–Kier alpha value is -3.54. The van der Waals surface area contributed by atoms with E-state index in [2.05, 4.69) is 10.3 Å².